The van der Waals surface area contributed by atoms with Crippen LogP contribution in [0.25, 0.3) is 0 Å². The van der Waals surface area contributed by atoms with E-state index in [1.165, 1.54) is 4.31 Å². The van der Waals surface area contributed by atoms with Gasteiger partial charge < -0.3 is 10.5 Å². The van der Waals surface area contributed by atoms with Gasteiger partial charge in [0.05, 0.1) is 12.3 Å². The number of nitrogens with two attached hydrogens (primary N) is 1. The standard InChI is InChI=1S/C11H12N4O3S2/c12-10-13-14-11(19-10)20(16,17)15-6-3-7-18-9-5-2-1-4-8(9)15/h1-2,4-5H,3,6-7H2,(H2,12,13). The van der Waals surface area contributed by atoms with E-state index in [1.54, 1.807) is 24.3 Å². The molecule has 0 amide bonds. The Morgan fingerprint density at radius 2 is 2.10 bits per heavy atom. The van der Waals surface area contributed by atoms with E-state index in [4.69, 9.17) is 10.5 Å². The van der Waals surface area contributed by atoms with Crippen molar-refractivity contribution in [1.82, 2.24) is 10.2 Å². The maximum Gasteiger partial charge on any atom is 0.293 e. The van der Waals surface area contributed by atoms with Crippen LogP contribution >= 0.6 is 11.3 Å². The molecule has 0 unspecified atom stereocenters. The van der Waals surface area contributed by atoms with E-state index in [0.717, 1.165) is 11.3 Å². The lowest BCUT2D eigenvalue weighted by Crippen LogP contribution is -2.31. The van der Waals surface area contributed by atoms with Crippen LogP contribution < -0.4 is 14.8 Å². The summed E-state index contributed by atoms with van der Waals surface area (Å²) in [5, 5.41) is 7.33. The first-order valence-electron chi connectivity index (χ1n) is 5.92. The van der Waals surface area contributed by atoms with Crippen LogP contribution in [-0.2, 0) is 10.0 Å². The Kier molecular flexibility index (Phi) is 3.22. The van der Waals surface area contributed by atoms with Gasteiger partial charge in [-0.05, 0) is 12.1 Å². The van der Waals surface area contributed by atoms with Gasteiger partial charge in [-0.25, -0.2) is 0 Å². The number of benzene rings is 1. The number of ether oxygens (including phenoxy) is 1. The molecule has 0 aliphatic carbocycles. The van der Waals surface area contributed by atoms with Gasteiger partial charge in [0.25, 0.3) is 14.4 Å². The molecule has 1 aromatic heterocycles. The van der Waals surface area contributed by atoms with E-state index in [9.17, 15) is 8.42 Å². The summed E-state index contributed by atoms with van der Waals surface area (Å²) in [6.07, 6.45) is 0.599. The van der Waals surface area contributed by atoms with Crippen molar-refractivity contribution in [2.24, 2.45) is 0 Å². The zero-order chi connectivity index (χ0) is 14.2. The lowest BCUT2D eigenvalue weighted by molar-refractivity contribution is 0.322. The van der Waals surface area contributed by atoms with Gasteiger partial charge in [0.2, 0.25) is 5.13 Å². The van der Waals surface area contributed by atoms with Crippen molar-refractivity contribution in [2.45, 2.75) is 10.8 Å². The first-order chi connectivity index (χ1) is 9.59. The Balaban J connectivity index is 2.09. The lowest BCUT2D eigenvalue weighted by atomic mass is 10.3. The summed E-state index contributed by atoms with van der Waals surface area (Å²) >= 11 is 0.855. The van der Waals surface area contributed by atoms with Crippen molar-refractivity contribution in [3.63, 3.8) is 0 Å². The van der Waals surface area contributed by atoms with Crippen LogP contribution in [0.1, 0.15) is 6.42 Å². The molecule has 0 saturated heterocycles. The van der Waals surface area contributed by atoms with Crippen molar-refractivity contribution in [3.05, 3.63) is 24.3 Å². The minimum Gasteiger partial charge on any atom is -0.491 e. The van der Waals surface area contributed by atoms with E-state index >= 15 is 0 Å². The third kappa shape index (κ3) is 2.18. The SMILES string of the molecule is Nc1nnc(S(=O)(=O)N2CCCOc3ccccc32)s1. The van der Waals surface area contributed by atoms with Crippen molar-refractivity contribution < 1.29 is 13.2 Å². The number of para-hydroxylation sites is 2. The molecule has 1 aromatic carbocycles. The Hall–Kier alpha value is -1.87. The molecule has 0 bridgehead atoms. The van der Waals surface area contributed by atoms with Gasteiger partial charge in [0.15, 0.2) is 0 Å². The molecule has 0 saturated carbocycles. The Morgan fingerprint density at radius 3 is 2.85 bits per heavy atom. The summed E-state index contributed by atoms with van der Waals surface area (Å²) in [7, 11) is -3.76. The molecule has 1 aliphatic heterocycles. The summed E-state index contributed by atoms with van der Waals surface area (Å²) in [5.41, 5.74) is 5.98. The maximum absolute atomic E-state index is 12.6. The molecule has 0 atom stereocenters. The van der Waals surface area contributed by atoms with Gasteiger partial charge in [0.1, 0.15) is 5.75 Å². The number of aromatic nitrogens is 2. The molecule has 2 heterocycles. The van der Waals surface area contributed by atoms with Gasteiger partial charge in [0, 0.05) is 13.0 Å². The van der Waals surface area contributed by atoms with Crippen LogP contribution in [0.4, 0.5) is 10.8 Å². The number of nitrogens with zero attached hydrogens (tertiary/aromatic N) is 3. The fourth-order valence-electron chi connectivity index (χ4n) is 1.96. The van der Waals surface area contributed by atoms with Crippen molar-refractivity contribution >= 4 is 32.2 Å². The average molecular weight is 312 g/mol. The van der Waals surface area contributed by atoms with E-state index in [-0.39, 0.29) is 9.47 Å². The van der Waals surface area contributed by atoms with Crippen LogP contribution in [-0.4, -0.2) is 31.8 Å². The van der Waals surface area contributed by atoms with Crippen LogP contribution in [0.3, 0.4) is 0 Å². The lowest BCUT2D eigenvalue weighted by Gasteiger charge is -2.21. The van der Waals surface area contributed by atoms with E-state index in [2.05, 4.69) is 10.2 Å². The van der Waals surface area contributed by atoms with Crippen LogP contribution in [0.5, 0.6) is 5.75 Å². The quantitative estimate of drug-likeness (QED) is 0.891. The number of fused-ring (bicyclic) bond motifs is 1. The molecule has 0 fully saturated rings. The monoisotopic (exact) mass is 312 g/mol. The Morgan fingerprint density at radius 1 is 1.30 bits per heavy atom. The number of hydrogen-bond acceptors (Lipinski definition) is 7. The van der Waals surface area contributed by atoms with Crippen molar-refractivity contribution in [1.29, 1.82) is 0 Å². The molecule has 9 heteroatoms. The summed E-state index contributed by atoms with van der Waals surface area (Å²) in [5.74, 6) is 0.547. The highest BCUT2D eigenvalue weighted by molar-refractivity contribution is 7.94. The summed E-state index contributed by atoms with van der Waals surface area (Å²) < 4.78 is 32.0. The molecule has 0 radical (unpaired) electrons. The second-order valence-corrected chi connectivity index (χ2v) is 7.20. The van der Waals surface area contributed by atoms with Gasteiger partial charge in [-0.15, -0.1) is 10.2 Å². The fraction of sp³-hybridized carbons (Fsp3) is 0.273. The maximum atomic E-state index is 12.6. The number of rotatable bonds is 2. The number of hydrogen-bond donors (Lipinski definition) is 1. The zero-order valence-corrected chi connectivity index (χ0v) is 12.0. The number of anilines is 2. The third-order valence-corrected chi connectivity index (χ3v) is 5.74. The fourth-order valence-corrected chi connectivity index (χ4v) is 4.37. The molecule has 1 aliphatic rings. The molecule has 2 aromatic rings. The molecule has 106 valence electrons. The average Bonchev–Trinajstić information content (AvgIpc) is 2.75. The number of nitrogen functional groups attached to an aromatic ring is 1. The van der Waals surface area contributed by atoms with E-state index in [0.29, 0.717) is 31.0 Å². The predicted octanol–water partition coefficient (Wildman–Crippen LogP) is 1.10. The van der Waals surface area contributed by atoms with Crippen LogP contribution in [0, 0.1) is 0 Å². The first-order valence-corrected chi connectivity index (χ1v) is 8.18. The van der Waals surface area contributed by atoms with Gasteiger partial charge in [-0.1, -0.05) is 23.5 Å². The number of sulfonamides is 1. The minimum absolute atomic E-state index is 0.105. The molecule has 2 N–H and O–H groups in total. The molecular weight excluding hydrogens is 300 g/mol. The highest BCUT2D eigenvalue weighted by atomic mass is 32.2. The van der Waals surface area contributed by atoms with Crippen LogP contribution in [0.2, 0.25) is 0 Å². The molecule has 3 rings (SSSR count). The molecular formula is C11H12N4O3S2. The second kappa shape index (κ2) is 4.91. The smallest absolute Gasteiger partial charge is 0.293 e. The van der Waals surface area contributed by atoms with Crippen molar-refractivity contribution in [3.8, 4) is 5.75 Å². The van der Waals surface area contributed by atoms with Gasteiger partial charge in [-0.3, -0.25) is 4.31 Å². The highest BCUT2D eigenvalue weighted by Gasteiger charge is 2.31. The molecule has 20 heavy (non-hydrogen) atoms. The molecule has 7 nitrogen and oxygen atoms in total. The van der Waals surface area contributed by atoms with Gasteiger partial charge in [-0.2, -0.15) is 8.42 Å². The van der Waals surface area contributed by atoms with Crippen molar-refractivity contribution in [2.75, 3.05) is 23.2 Å². The largest absolute Gasteiger partial charge is 0.491 e. The summed E-state index contributed by atoms with van der Waals surface area (Å²) in [6, 6.07) is 7.03. The first kappa shape index (κ1) is 13.1. The predicted molar refractivity (Wildman–Crippen MR) is 75.4 cm³/mol. The Labute approximate surface area is 120 Å². The molecule has 0 spiro atoms. The Bertz CT molecular complexity index is 729. The zero-order valence-electron chi connectivity index (χ0n) is 10.4. The van der Waals surface area contributed by atoms with E-state index in [1.807, 2.05) is 0 Å². The summed E-state index contributed by atoms with van der Waals surface area (Å²) in [6.45, 7) is 0.806. The van der Waals surface area contributed by atoms with Gasteiger partial charge >= 0.3 is 0 Å². The second-order valence-electron chi connectivity index (χ2n) is 4.15. The van der Waals surface area contributed by atoms with Crippen LogP contribution in [0.15, 0.2) is 28.6 Å². The topological polar surface area (TPSA) is 98.4 Å². The summed E-state index contributed by atoms with van der Waals surface area (Å²) in [4.78, 5) is 0. The minimum atomic E-state index is -3.76. The third-order valence-electron chi connectivity index (χ3n) is 2.83. The highest BCUT2D eigenvalue weighted by Crippen LogP contribution is 2.35. The van der Waals surface area contributed by atoms with E-state index < -0.39 is 10.0 Å². The normalized spacial score (nSPS) is 15.3.